The van der Waals surface area contributed by atoms with Crippen molar-refractivity contribution in [2.75, 3.05) is 7.05 Å². The summed E-state index contributed by atoms with van der Waals surface area (Å²) in [6.07, 6.45) is 2.21. The fraction of sp³-hybridized carbons (Fsp3) is 0.800. The van der Waals surface area contributed by atoms with Crippen LogP contribution in [0.2, 0.25) is 0 Å². The molecule has 0 spiro atoms. The minimum atomic E-state index is -0.700. The number of carbonyl (C=O) groups is 2. The van der Waals surface area contributed by atoms with Crippen LogP contribution in [0.4, 0.5) is 0 Å². The number of carbonyl (C=O) groups excluding carboxylic acids is 3. The number of hydrogen-bond acceptors (Lipinski definition) is 4. The summed E-state index contributed by atoms with van der Waals surface area (Å²) >= 11 is 0. The predicted molar refractivity (Wildman–Crippen MR) is 82.1 cm³/mol. The van der Waals surface area contributed by atoms with Gasteiger partial charge in [-0.3, -0.25) is 14.4 Å². The van der Waals surface area contributed by atoms with E-state index in [2.05, 4.69) is 5.32 Å². The lowest BCUT2D eigenvalue weighted by Crippen LogP contribution is -2.55. The van der Waals surface area contributed by atoms with Gasteiger partial charge in [0.2, 0.25) is 18.1 Å². The first-order valence-corrected chi connectivity index (χ1v) is 7.32. The van der Waals surface area contributed by atoms with Crippen molar-refractivity contribution in [2.45, 2.75) is 59.2 Å². The molecule has 3 atom stereocenters. The molecule has 0 rings (SSSR count). The average molecular weight is 298 g/mol. The quantitative estimate of drug-likeness (QED) is 0.681. The van der Waals surface area contributed by atoms with Crippen molar-refractivity contribution in [3.05, 3.63) is 0 Å². The number of rotatable bonds is 8. The number of nitrogens with two attached hydrogens (primary N) is 1. The van der Waals surface area contributed by atoms with Crippen LogP contribution in [0, 0.1) is 11.8 Å². The Hall–Kier alpha value is -1.43. The Morgan fingerprint density at radius 1 is 1.19 bits per heavy atom. The van der Waals surface area contributed by atoms with Gasteiger partial charge >= 0.3 is 0 Å². The summed E-state index contributed by atoms with van der Waals surface area (Å²) in [6, 6.07) is -1.99. The minimum Gasteiger partial charge on any atom is -0.344 e. The Morgan fingerprint density at radius 3 is 2.10 bits per heavy atom. The van der Waals surface area contributed by atoms with Crippen LogP contribution in [-0.4, -0.2) is 48.2 Å². The molecule has 2 amide bonds. The second kappa shape index (κ2) is 8.77. The highest BCUT2D eigenvalue weighted by Gasteiger charge is 2.31. The molecule has 0 aliphatic heterocycles. The van der Waals surface area contributed by atoms with E-state index in [0.717, 1.165) is 0 Å². The first-order valence-electron chi connectivity index (χ1n) is 7.32. The summed E-state index contributed by atoms with van der Waals surface area (Å²) < 4.78 is 0. The zero-order valence-electron chi connectivity index (χ0n) is 13.8. The van der Waals surface area contributed by atoms with Gasteiger partial charge in [0, 0.05) is 7.05 Å². The van der Waals surface area contributed by atoms with E-state index < -0.39 is 18.1 Å². The molecule has 121 valence electrons. The van der Waals surface area contributed by atoms with Gasteiger partial charge in [0.15, 0.2) is 0 Å². The Labute approximate surface area is 127 Å². The van der Waals surface area contributed by atoms with E-state index in [9.17, 15) is 14.4 Å². The van der Waals surface area contributed by atoms with E-state index in [1.54, 1.807) is 20.3 Å². The van der Waals surface area contributed by atoms with Crippen molar-refractivity contribution in [1.29, 1.82) is 0 Å². The number of hydrogen-bond donors (Lipinski definition) is 2. The Morgan fingerprint density at radius 2 is 1.71 bits per heavy atom. The molecule has 0 fully saturated rings. The molecular formula is C15H28N3O3. The van der Waals surface area contributed by atoms with Crippen molar-refractivity contribution in [3.63, 3.8) is 0 Å². The molecule has 0 aliphatic carbocycles. The fourth-order valence-corrected chi connectivity index (χ4v) is 1.90. The van der Waals surface area contributed by atoms with Crippen LogP contribution in [-0.2, 0) is 14.4 Å². The molecule has 0 aliphatic rings. The Balaban J connectivity index is 5.08. The van der Waals surface area contributed by atoms with Crippen molar-refractivity contribution in [3.8, 4) is 0 Å². The lowest BCUT2D eigenvalue weighted by Gasteiger charge is -2.31. The summed E-state index contributed by atoms with van der Waals surface area (Å²) in [4.78, 5) is 36.5. The van der Waals surface area contributed by atoms with Crippen LogP contribution in [0.5, 0.6) is 0 Å². The first kappa shape index (κ1) is 19.6. The van der Waals surface area contributed by atoms with E-state index >= 15 is 0 Å². The number of nitrogens with zero attached hydrogens (tertiary/aromatic N) is 1. The summed E-state index contributed by atoms with van der Waals surface area (Å²) in [7, 11) is 1.58. The second-order valence-corrected chi connectivity index (χ2v) is 6.21. The van der Waals surface area contributed by atoms with E-state index in [4.69, 9.17) is 5.73 Å². The third-order valence-electron chi connectivity index (χ3n) is 3.35. The van der Waals surface area contributed by atoms with Gasteiger partial charge in [-0.1, -0.05) is 27.7 Å². The zero-order chi connectivity index (χ0) is 16.7. The molecule has 0 aromatic rings. The standard InChI is InChI=1S/C15H28N3O3/c1-9(2)7-12(14(20)17-11(5)8-19)18(6)15(21)13(16)10(3)4/h9-13H,7,16H2,1-6H3,(H,17,20)/t11-,12-,13-/m0/s1. The highest BCUT2D eigenvalue weighted by molar-refractivity contribution is 5.90. The molecule has 0 saturated carbocycles. The van der Waals surface area contributed by atoms with E-state index in [0.29, 0.717) is 6.42 Å². The van der Waals surface area contributed by atoms with E-state index in [1.807, 2.05) is 27.7 Å². The Bertz CT molecular complexity index is 369. The van der Waals surface area contributed by atoms with Gasteiger partial charge in [-0.25, -0.2) is 0 Å². The summed E-state index contributed by atoms with van der Waals surface area (Å²) in [5.74, 6) is -0.411. The molecule has 21 heavy (non-hydrogen) atoms. The van der Waals surface area contributed by atoms with Gasteiger partial charge in [0.1, 0.15) is 6.04 Å². The molecule has 0 unspecified atom stereocenters. The maximum Gasteiger partial charge on any atom is 0.243 e. The monoisotopic (exact) mass is 298 g/mol. The lowest BCUT2D eigenvalue weighted by molar-refractivity contribution is -0.141. The van der Waals surface area contributed by atoms with Gasteiger partial charge in [0.25, 0.3) is 0 Å². The van der Waals surface area contributed by atoms with Gasteiger partial charge in [-0.05, 0) is 25.2 Å². The van der Waals surface area contributed by atoms with Crippen molar-refractivity contribution in [2.24, 2.45) is 17.6 Å². The molecule has 0 aromatic heterocycles. The first-order chi connectivity index (χ1) is 9.61. The fourth-order valence-electron chi connectivity index (χ4n) is 1.90. The highest BCUT2D eigenvalue weighted by atomic mass is 16.2. The predicted octanol–water partition coefficient (Wildman–Crippen LogP) is 0.457. The molecule has 6 nitrogen and oxygen atoms in total. The third kappa shape index (κ3) is 6.25. The number of likely N-dealkylation sites (N-methyl/N-ethyl adjacent to an activating group) is 1. The summed E-state index contributed by atoms with van der Waals surface area (Å²) in [5.41, 5.74) is 5.87. The largest absolute Gasteiger partial charge is 0.344 e. The van der Waals surface area contributed by atoms with Crippen LogP contribution < -0.4 is 11.1 Å². The van der Waals surface area contributed by atoms with Crippen LogP contribution in [0.3, 0.4) is 0 Å². The lowest BCUT2D eigenvalue weighted by atomic mass is 9.99. The van der Waals surface area contributed by atoms with E-state index in [-0.39, 0.29) is 23.7 Å². The normalized spacial score (nSPS) is 15.5. The molecule has 6 heteroatoms. The van der Waals surface area contributed by atoms with Crippen LogP contribution in [0.15, 0.2) is 0 Å². The molecule has 3 N–H and O–H groups in total. The number of amides is 2. The van der Waals surface area contributed by atoms with Gasteiger partial charge in [0.05, 0.1) is 12.1 Å². The minimum absolute atomic E-state index is 0.00931. The van der Waals surface area contributed by atoms with Crippen molar-refractivity contribution in [1.82, 2.24) is 10.2 Å². The van der Waals surface area contributed by atoms with Crippen LogP contribution in [0.1, 0.15) is 41.0 Å². The molecular weight excluding hydrogens is 270 g/mol. The summed E-state index contributed by atoms with van der Waals surface area (Å²) in [5, 5.41) is 2.54. The van der Waals surface area contributed by atoms with Crippen LogP contribution >= 0.6 is 0 Å². The maximum atomic E-state index is 12.3. The second-order valence-electron chi connectivity index (χ2n) is 6.21. The highest BCUT2D eigenvalue weighted by Crippen LogP contribution is 2.13. The zero-order valence-corrected chi connectivity index (χ0v) is 13.8. The SMILES string of the molecule is CC(C)C[C@@H](C(=O)N[C@@H](C)[C]=O)N(C)C(=O)[C@@H](N)C(C)C. The van der Waals surface area contributed by atoms with Crippen molar-refractivity contribution >= 4 is 18.1 Å². The van der Waals surface area contributed by atoms with Gasteiger partial charge in [-0.2, -0.15) is 0 Å². The number of nitrogens with one attached hydrogen (secondary N) is 1. The Kier molecular flexibility index (Phi) is 8.17. The maximum absolute atomic E-state index is 12.3. The summed E-state index contributed by atoms with van der Waals surface area (Å²) in [6.45, 7) is 9.19. The molecule has 0 aromatic carbocycles. The molecule has 0 saturated heterocycles. The average Bonchev–Trinajstić information content (AvgIpc) is 2.41. The molecule has 0 heterocycles. The van der Waals surface area contributed by atoms with Gasteiger partial charge in [-0.15, -0.1) is 0 Å². The smallest absolute Gasteiger partial charge is 0.243 e. The van der Waals surface area contributed by atoms with Gasteiger partial charge < -0.3 is 16.0 Å². The topological polar surface area (TPSA) is 92.5 Å². The van der Waals surface area contributed by atoms with Crippen LogP contribution in [0.25, 0.3) is 0 Å². The molecule has 1 radical (unpaired) electrons. The third-order valence-corrected chi connectivity index (χ3v) is 3.35. The van der Waals surface area contributed by atoms with Crippen molar-refractivity contribution < 1.29 is 14.4 Å². The molecule has 0 bridgehead atoms. The van der Waals surface area contributed by atoms with E-state index in [1.165, 1.54) is 4.90 Å².